The van der Waals surface area contributed by atoms with Crippen LogP contribution < -0.4 is 0 Å². The van der Waals surface area contributed by atoms with Gasteiger partial charge >= 0.3 is 0 Å². The van der Waals surface area contributed by atoms with E-state index in [0.29, 0.717) is 12.3 Å². The normalized spacial score (nSPS) is 34.3. The van der Waals surface area contributed by atoms with Crippen LogP contribution in [0.3, 0.4) is 0 Å². The predicted octanol–water partition coefficient (Wildman–Crippen LogP) is 2.46. The molecule has 0 aromatic heterocycles. The lowest BCUT2D eigenvalue weighted by Gasteiger charge is -2.17. The van der Waals surface area contributed by atoms with Gasteiger partial charge in [-0.2, -0.15) is 0 Å². The number of alkyl halides is 1. The van der Waals surface area contributed by atoms with Gasteiger partial charge in [0.05, 0.1) is 5.38 Å². The van der Waals surface area contributed by atoms with Gasteiger partial charge in [0.15, 0.2) is 5.78 Å². The maximum atomic E-state index is 11.4. The zero-order chi connectivity index (χ0) is 8.72. The van der Waals surface area contributed by atoms with Crippen molar-refractivity contribution in [1.82, 2.24) is 0 Å². The fraction of sp³-hybridized carbons (Fsp3) is 0.500. The number of hydrogen-bond acceptors (Lipinski definition) is 1. The standard InChI is InChI=1S/C10H11ClO/c1-6-5-9(12)7-3-2-4-8(11)10(6)7/h2-3,6,8H,4-5H2,1H3. The minimum atomic E-state index is 0.0615. The van der Waals surface area contributed by atoms with Crippen molar-refractivity contribution in [3.05, 3.63) is 23.3 Å². The van der Waals surface area contributed by atoms with Gasteiger partial charge in [-0.25, -0.2) is 0 Å². The lowest BCUT2D eigenvalue weighted by molar-refractivity contribution is -0.115. The van der Waals surface area contributed by atoms with Crippen LogP contribution in [0.1, 0.15) is 19.8 Å². The average molecular weight is 183 g/mol. The summed E-state index contributed by atoms with van der Waals surface area (Å²) in [6.45, 7) is 2.08. The van der Waals surface area contributed by atoms with E-state index in [2.05, 4.69) is 6.92 Å². The Morgan fingerprint density at radius 2 is 2.33 bits per heavy atom. The van der Waals surface area contributed by atoms with Crippen LogP contribution in [0.25, 0.3) is 0 Å². The van der Waals surface area contributed by atoms with E-state index in [1.165, 1.54) is 5.57 Å². The molecule has 1 nitrogen and oxygen atoms in total. The van der Waals surface area contributed by atoms with E-state index < -0.39 is 0 Å². The zero-order valence-corrected chi connectivity index (χ0v) is 7.77. The largest absolute Gasteiger partial charge is 0.294 e. The summed E-state index contributed by atoms with van der Waals surface area (Å²) in [5, 5.41) is 0.0615. The van der Waals surface area contributed by atoms with Crippen LogP contribution in [0.2, 0.25) is 0 Å². The summed E-state index contributed by atoms with van der Waals surface area (Å²) in [5.74, 6) is 0.624. The molecule has 2 unspecified atom stereocenters. The SMILES string of the molecule is CC1CC(=O)C2=C1C(Cl)CC=C2. The first-order valence-electron chi connectivity index (χ1n) is 4.28. The Kier molecular flexibility index (Phi) is 1.84. The molecule has 2 aliphatic carbocycles. The summed E-state index contributed by atoms with van der Waals surface area (Å²) in [6, 6.07) is 0. The van der Waals surface area contributed by atoms with Crippen LogP contribution in [-0.2, 0) is 4.79 Å². The smallest absolute Gasteiger partial charge is 0.163 e. The van der Waals surface area contributed by atoms with Gasteiger partial charge in [-0.15, -0.1) is 11.6 Å². The van der Waals surface area contributed by atoms with Crippen molar-refractivity contribution in [3.63, 3.8) is 0 Å². The Morgan fingerprint density at radius 3 is 3.00 bits per heavy atom. The summed E-state index contributed by atoms with van der Waals surface area (Å²) in [6.07, 6.45) is 5.45. The first-order valence-corrected chi connectivity index (χ1v) is 4.71. The minimum absolute atomic E-state index is 0.0615. The third kappa shape index (κ3) is 1.04. The Balaban J connectivity index is 2.45. The van der Waals surface area contributed by atoms with Crippen LogP contribution in [-0.4, -0.2) is 11.2 Å². The molecule has 2 heteroatoms. The van der Waals surface area contributed by atoms with E-state index in [4.69, 9.17) is 11.6 Å². The number of ketones is 1. The first kappa shape index (κ1) is 8.06. The van der Waals surface area contributed by atoms with Crippen LogP contribution >= 0.6 is 11.6 Å². The summed E-state index contributed by atoms with van der Waals surface area (Å²) in [5.41, 5.74) is 2.05. The highest BCUT2D eigenvalue weighted by molar-refractivity contribution is 6.24. The highest BCUT2D eigenvalue weighted by Gasteiger charge is 2.32. The molecule has 2 atom stereocenters. The molecular weight excluding hydrogens is 172 g/mol. The Bertz CT molecular complexity index is 282. The van der Waals surface area contributed by atoms with Gasteiger partial charge in [0.2, 0.25) is 0 Å². The van der Waals surface area contributed by atoms with Crippen molar-refractivity contribution in [2.75, 3.05) is 0 Å². The van der Waals surface area contributed by atoms with Gasteiger partial charge in [-0.05, 0) is 17.9 Å². The molecule has 12 heavy (non-hydrogen) atoms. The van der Waals surface area contributed by atoms with Gasteiger partial charge in [0, 0.05) is 12.0 Å². The van der Waals surface area contributed by atoms with E-state index in [-0.39, 0.29) is 11.2 Å². The monoisotopic (exact) mass is 182 g/mol. The third-order valence-electron chi connectivity index (χ3n) is 2.60. The Morgan fingerprint density at radius 1 is 1.58 bits per heavy atom. The van der Waals surface area contributed by atoms with Crippen molar-refractivity contribution in [2.24, 2.45) is 5.92 Å². The zero-order valence-electron chi connectivity index (χ0n) is 7.01. The van der Waals surface area contributed by atoms with Gasteiger partial charge in [0.25, 0.3) is 0 Å². The molecule has 0 radical (unpaired) electrons. The third-order valence-corrected chi connectivity index (χ3v) is 3.01. The number of carbonyl (C=O) groups is 1. The maximum Gasteiger partial charge on any atom is 0.163 e. The van der Waals surface area contributed by atoms with E-state index in [1.807, 2.05) is 12.2 Å². The Hall–Kier alpha value is -0.560. The number of carbonyl (C=O) groups excluding carboxylic acids is 1. The number of hydrogen-bond donors (Lipinski definition) is 0. The van der Waals surface area contributed by atoms with Crippen molar-refractivity contribution < 1.29 is 4.79 Å². The second-order valence-corrected chi connectivity index (χ2v) is 4.03. The lowest BCUT2D eigenvalue weighted by Crippen LogP contribution is -2.10. The molecule has 0 bridgehead atoms. The molecule has 2 aliphatic rings. The van der Waals surface area contributed by atoms with E-state index in [0.717, 1.165) is 12.0 Å². The van der Waals surface area contributed by atoms with Crippen LogP contribution in [0.5, 0.6) is 0 Å². The second kappa shape index (κ2) is 2.74. The summed E-state index contributed by atoms with van der Waals surface area (Å²) in [7, 11) is 0. The van der Waals surface area contributed by atoms with E-state index in [1.54, 1.807) is 0 Å². The van der Waals surface area contributed by atoms with Crippen molar-refractivity contribution >= 4 is 17.4 Å². The van der Waals surface area contributed by atoms with Crippen molar-refractivity contribution in [1.29, 1.82) is 0 Å². The maximum absolute atomic E-state index is 11.4. The van der Waals surface area contributed by atoms with Gasteiger partial charge in [-0.1, -0.05) is 19.1 Å². The van der Waals surface area contributed by atoms with Gasteiger partial charge in [-0.3, -0.25) is 4.79 Å². The Labute approximate surface area is 77.1 Å². The minimum Gasteiger partial charge on any atom is -0.294 e. The molecule has 64 valence electrons. The molecule has 0 saturated carbocycles. The van der Waals surface area contributed by atoms with Crippen molar-refractivity contribution in [3.8, 4) is 0 Å². The molecule has 0 fully saturated rings. The summed E-state index contributed by atoms with van der Waals surface area (Å²) >= 11 is 6.12. The molecule has 0 aliphatic heterocycles. The number of allylic oxidation sites excluding steroid dienone is 4. The molecular formula is C10H11ClO. The van der Waals surface area contributed by atoms with Gasteiger partial charge in [0.1, 0.15) is 0 Å². The van der Waals surface area contributed by atoms with Crippen LogP contribution in [0.15, 0.2) is 23.3 Å². The number of halogens is 1. The van der Waals surface area contributed by atoms with E-state index >= 15 is 0 Å². The highest BCUT2D eigenvalue weighted by Crippen LogP contribution is 2.38. The molecule has 0 saturated heterocycles. The van der Waals surface area contributed by atoms with Gasteiger partial charge < -0.3 is 0 Å². The molecule has 2 rings (SSSR count). The van der Waals surface area contributed by atoms with Crippen LogP contribution in [0, 0.1) is 5.92 Å². The summed E-state index contributed by atoms with van der Waals surface area (Å²) < 4.78 is 0. The molecule has 0 aromatic rings. The number of rotatable bonds is 0. The second-order valence-electron chi connectivity index (χ2n) is 3.50. The van der Waals surface area contributed by atoms with E-state index in [9.17, 15) is 4.79 Å². The molecule has 0 spiro atoms. The fourth-order valence-corrected chi connectivity index (χ4v) is 2.46. The average Bonchev–Trinajstić information content (AvgIpc) is 2.29. The molecule has 0 heterocycles. The fourth-order valence-electron chi connectivity index (χ4n) is 2.02. The van der Waals surface area contributed by atoms with Crippen molar-refractivity contribution in [2.45, 2.75) is 25.1 Å². The quantitative estimate of drug-likeness (QED) is 0.526. The topological polar surface area (TPSA) is 17.1 Å². The van der Waals surface area contributed by atoms with Crippen LogP contribution in [0.4, 0.5) is 0 Å². The lowest BCUT2D eigenvalue weighted by atomic mass is 9.94. The summed E-state index contributed by atoms with van der Waals surface area (Å²) in [4.78, 5) is 11.4. The molecule has 0 amide bonds. The molecule has 0 aromatic carbocycles. The highest BCUT2D eigenvalue weighted by atomic mass is 35.5. The first-order chi connectivity index (χ1) is 5.70. The number of Topliss-reactive ketones (excluding diaryl/α,β-unsaturated/α-hetero) is 1. The predicted molar refractivity (Wildman–Crippen MR) is 49.2 cm³/mol. The molecule has 0 N–H and O–H groups in total.